The Morgan fingerprint density at radius 1 is 1.17 bits per heavy atom. The highest BCUT2D eigenvalue weighted by atomic mass is 28.4. The Labute approximate surface area is 270 Å². The molecule has 0 saturated carbocycles. The Morgan fingerprint density at radius 2 is 1.91 bits per heavy atom. The molecule has 0 bridgehead atoms. The zero-order valence-corrected chi connectivity index (χ0v) is 28.0. The molecule has 248 valence electrons. The lowest BCUT2D eigenvalue weighted by Crippen LogP contribution is -2.45. The Hall–Kier alpha value is -3.61. The van der Waals surface area contributed by atoms with E-state index in [9.17, 15) is 24.3 Å². The summed E-state index contributed by atoms with van der Waals surface area (Å²) in [6.07, 6.45) is 2.48. The molecule has 2 aromatic carbocycles. The van der Waals surface area contributed by atoms with E-state index in [-0.39, 0.29) is 43.3 Å². The highest BCUT2D eigenvalue weighted by Gasteiger charge is 2.67. The van der Waals surface area contributed by atoms with Gasteiger partial charge in [0, 0.05) is 47.9 Å². The van der Waals surface area contributed by atoms with Gasteiger partial charge < -0.3 is 28.5 Å². The van der Waals surface area contributed by atoms with E-state index in [1.807, 2.05) is 25.1 Å². The summed E-state index contributed by atoms with van der Waals surface area (Å²) in [5.74, 6) is -1.50. The summed E-state index contributed by atoms with van der Waals surface area (Å²) in [6, 6.07) is 14.2. The molecule has 0 unspecified atom stereocenters. The first-order valence-corrected chi connectivity index (χ1v) is 19.0. The van der Waals surface area contributed by atoms with Gasteiger partial charge in [-0.05, 0) is 69.1 Å². The molecule has 5 rings (SSSR count). The number of fused-ring (bicyclic) bond motifs is 2. The van der Waals surface area contributed by atoms with E-state index < -0.39 is 31.6 Å². The summed E-state index contributed by atoms with van der Waals surface area (Å²) >= 11 is 0. The SMILES string of the molecule is COC(=O)CCCCN1C(=O)[C@@]2(O[C@@H](CC(=O)N3CCC[C@H]3CO)[C@H]([Si](C)(C)F)[C@H]2C)c2cc(N(C=O)c3ccccc3)ccc21. The number of amides is 3. The fourth-order valence-electron chi connectivity index (χ4n) is 7.75. The number of hydrogen-bond acceptors (Lipinski definition) is 7. The number of ether oxygens (including phenoxy) is 2. The zero-order chi connectivity index (χ0) is 33.2. The minimum absolute atomic E-state index is 0.0977. The highest BCUT2D eigenvalue weighted by molar-refractivity contribution is 6.72. The molecule has 5 atom stereocenters. The standard InChI is InChI=1S/C34H44FN3O7Si/c1-23-32(46(3,4)35)29(20-30(41)36-18-10-13-26(36)21-39)45-34(23)27-19-25(38(22-40)24-11-6-5-7-12-24)15-16-28(27)37(33(34)43)17-9-8-14-31(42)44-2/h5-7,11-12,15-16,19,22-23,26,29,32,39H,8-10,13-14,17-18,20-21H2,1-4H3/t23-,26+,29+,32-,34+/m1/s1. The average Bonchev–Trinajstić information content (AvgIpc) is 3.70. The van der Waals surface area contributed by atoms with Gasteiger partial charge in [-0.2, -0.15) is 0 Å². The van der Waals surface area contributed by atoms with E-state index in [1.165, 1.54) is 12.0 Å². The summed E-state index contributed by atoms with van der Waals surface area (Å²) < 4.78 is 27.9. The van der Waals surface area contributed by atoms with Crippen LogP contribution in [0.5, 0.6) is 0 Å². The molecule has 10 nitrogen and oxygen atoms in total. The van der Waals surface area contributed by atoms with E-state index in [2.05, 4.69) is 0 Å². The van der Waals surface area contributed by atoms with Crippen LogP contribution in [0.2, 0.25) is 18.6 Å². The van der Waals surface area contributed by atoms with Crippen molar-refractivity contribution in [3.05, 3.63) is 54.1 Å². The van der Waals surface area contributed by atoms with Gasteiger partial charge in [0.25, 0.3) is 5.91 Å². The van der Waals surface area contributed by atoms with Crippen molar-refractivity contribution in [1.82, 2.24) is 4.90 Å². The number of methoxy groups -OCH3 is 1. The van der Waals surface area contributed by atoms with Crippen molar-refractivity contribution < 1.29 is 37.9 Å². The monoisotopic (exact) mass is 653 g/mol. The molecule has 0 radical (unpaired) electrons. The van der Waals surface area contributed by atoms with Crippen LogP contribution in [0.25, 0.3) is 0 Å². The number of likely N-dealkylation sites (tertiary alicyclic amines) is 1. The van der Waals surface area contributed by atoms with Crippen molar-refractivity contribution in [1.29, 1.82) is 0 Å². The zero-order valence-electron chi connectivity index (χ0n) is 27.0. The molecule has 1 N–H and O–H groups in total. The number of unbranched alkanes of at least 4 members (excludes halogenated alkanes) is 1. The Kier molecular flexibility index (Phi) is 9.99. The molecule has 3 aliphatic heterocycles. The normalized spacial score (nSPS) is 25.7. The van der Waals surface area contributed by atoms with Crippen molar-refractivity contribution >= 4 is 49.7 Å². The van der Waals surface area contributed by atoms with Crippen LogP contribution < -0.4 is 9.80 Å². The van der Waals surface area contributed by atoms with Gasteiger partial charge in [-0.15, -0.1) is 0 Å². The van der Waals surface area contributed by atoms with Crippen LogP contribution in [0.4, 0.5) is 21.2 Å². The van der Waals surface area contributed by atoms with Gasteiger partial charge in [0.05, 0.1) is 38.0 Å². The van der Waals surface area contributed by atoms with E-state index in [0.29, 0.717) is 61.4 Å². The largest absolute Gasteiger partial charge is 0.469 e. The molecule has 2 saturated heterocycles. The quantitative estimate of drug-likeness (QED) is 0.115. The first-order valence-electron chi connectivity index (χ1n) is 16.1. The average molecular weight is 654 g/mol. The molecule has 3 heterocycles. The first-order chi connectivity index (χ1) is 22.0. The van der Waals surface area contributed by atoms with E-state index in [4.69, 9.17) is 9.47 Å². The lowest BCUT2D eigenvalue weighted by molar-refractivity contribution is -0.150. The van der Waals surface area contributed by atoms with Gasteiger partial charge in [-0.1, -0.05) is 25.1 Å². The second-order valence-electron chi connectivity index (χ2n) is 13.0. The van der Waals surface area contributed by atoms with Crippen LogP contribution in [0.1, 0.15) is 51.0 Å². The van der Waals surface area contributed by atoms with Crippen molar-refractivity contribution in [2.24, 2.45) is 5.92 Å². The fourth-order valence-corrected chi connectivity index (χ4v) is 10.2. The number of halogens is 1. The lowest BCUT2D eigenvalue weighted by atomic mass is 9.82. The fraction of sp³-hybridized carbons (Fsp3) is 0.529. The van der Waals surface area contributed by atoms with Gasteiger partial charge in [0.2, 0.25) is 20.7 Å². The number of aliphatic hydroxyl groups excluding tert-OH is 1. The van der Waals surface area contributed by atoms with Crippen molar-refractivity contribution in [3.63, 3.8) is 0 Å². The van der Waals surface area contributed by atoms with Gasteiger partial charge in [-0.3, -0.25) is 24.1 Å². The molecular formula is C34H44FN3O7Si. The first kappa shape index (κ1) is 33.7. The van der Waals surface area contributed by atoms with Crippen LogP contribution in [0.15, 0.2) is 48.5 Å². The number of carbonyl (C=O) groups is 4. The smallest absolute Gasteiger partial charge is 0.305 e. The third-order valence-corrected chi connectivity index (χ3v) is 12.3. The number of esters is 1. The molecule has 2 fully saturated rings. The number of carbonyl (C=O) groups excluding carboxylic acids is 4. The molecule has 3 amide bonds. The van der Waals surface area contributed by atoms with Gasteiger partial charge in [0.1, 0.15) is 0 Å². The second kappa shape index (κ2) is 13.6. The predicted octanol–water partition coefficient (Wildman–Crippen LogP) is 4.82. The molecule has 0 aliphatic carbocycles. The highest BCUT2D eigenvalue weighted by Crippen LogP contribution is 2.60. The molecule has 3 aliphatic rings. The number of para-hydroxylation sites is 1. The third kappa shape index (κ3) is 6.10. The van der Waals surface area contributed by atoms with E-state index in [0.717, 1.165) is 6.42 Å². The minimum atomic E-state index is -3.53. The molecule has 2 aromatic rings. The van der Waals surface area contributed by atoms with Crippen LogP contribution in [-0.4, -0.2) is 81.6 Å². The number of rotatable bonds is 12. The van der Waals surface area contributed by atoms with E-state index in [1.54, 1.807) is 53.2 Å². The van der Waals surface area contributed by atoms with Crippen LogP contribution >= 0.6 is 0 Å². The topological polar surface area (TPSA) is 117 Å². The van der Waals surface area contributed by atoms with Gasteiger partial charge in [-0.25, -0.2) is 0 Å². The minimum Gasteiger partial charge on any atom is -0.469 e. The summed E-state index contributed by atoms with van der Waals surface area (Å²) in [5.41, 5.74) is 0.0338. The number of aliphatic hydroxyl groups is 1. The maximum atomic E-state index is 16.3. The molecule has 12 heteroatoms. The number of benzene rings is 2. The maximum absolute atomic E-state index is 16.3. The Bertz CT molecular complexity index is 1450. The van der Waals surface area contributed by atoms with Crippen LogP contribution in [0, 0.1) is 5.92 Å². The predicted molar refractivity (Wildman–Crippen MR) is 174 cm³/mol. The van der Waals surface area contributed by atoms with Crippen molar-refractivity contribution in [3.8, 4) is 0 Å². The number of hydrogen-bond donors (Lipinski definition) is 1. The maximum Gasteiger partial charge on any atom is 0.305 e. The third-order valence-electron chi connectivity index (χ3n) is 9.89. The number of nitrogens with zero attached hydrogens (tertiary/aromatic N) is 3. The van der Waals surface area contributed by atoms with Gasteiger partial charge in [0.15, 0.2) is 5.60 Å². The molecule has 1 spiro atoms. The summed E-state index contributed by atoms with van der Waals surface area (Å²) in [4.78, 5) is 57.1. The second-order valence-corrected chi connectivity index (χ2v) is 16.8. The number of anilines is 3. The van der Waals surface area contributed by atoms with Crippen molar-refractivity contribution in [2.75, 3.05) is 36.6 Å². The molecule has 46 heavy (non-hydrogen) atoms. The van der Waals surface area contributed by atoms with Gasteiger partial charge >= 0.3 is 5.97 Å². The Balaban J connectivity index is 1.56. The van der Waals surface area contributed by atoms with E-state index >= 15 is 4.11 Å². The Morgan fingerprint density at radius 3 is 2.57 bits per heavy atom. The molecule has 0 aromatic heterocycles. The summed E-state index contributed by atoms with van der Waals surface area (Å²) in [7, 11) is -2.19. The van der Waals surface area contributed by atoms with Crippen LogP contribution in [-0.2, 0) is 34.3 Å². The lowest BCUT2D eigenvalue weighted by Gasteiger charge is -2.31. The molecular weight excluding hydrogens is 609 g/mol. The van der Waals surface area contributed by atoms with Crippen molar-refractivity contribution in [2.45, 2.75) is 81.8 Å². The summed E-state index contributed by atoms with van der Waals surface area (Å²) in [6.45, 7) is 5.69. The summed E-state index contributed by atoms with van der Waals surface area (Å²) in [5, 5.41) is 9.83. The van der Waals surface area contributed by atoms with Crippen LogP contribution in [0.3, 0.4) is 0 Å².